The number of benzene rings is 3. The van der Waals surface area contributed by atoms with Crippen molar-refractivity contribution in [3.63, 3.8) is 0 Å². The first kappa shape index (κ1) is 49.2. The molecule has 4 bridgehead atoms. The van der Waals surface area contributed by atoms with Gasteiger partial charge in [-0.05, 0) is 46.2 Å². The number of rotatable bonds is 8. The van der Waals surface area contributed by atoms with Gasteiger partial charge in [-0.15, -0.1) is 0 Å². The van der Waals surface area contributed by atoms with Crippen LogP contribution in [0.25, 0.3) is 33.3 Å². The summed E-state index contributed by atoms with van der Waals surface area (Å²) in [5.41, 5.74) is -0.473. The third-order valence-corrected chi connectivity index (χ3v) is 11.9. The van der Waals surface area contributed by atoms with Crippen LogP contribution in [0.3, 0.4) is 0 Å². The Morgan fingerprint density at radius 2 is 1.72 bits per heavy atom. The summed E-state index contributed by atoms with van der Waals surface area (Å²) < 4.78 is 35.7. The summed E-state index contributed by atoms with van der Waals surface area (Å²) in [6.45, 7) is 13.5. The number of allylic oxidation sites excluding steroid dienone is 2. The number of amides is 1. The molecule has 0 unspecified atom stereocenters. The van der Waals surface area contributed by atoms with Gasteiger partial charge in [-0.25, -0.2) is 4.98 Å². The standard InChI is InChI=1S/C48H61N3O13/c1-12-33(53)36-37-38-43(56)29(7)46(36)62-23-60-20-18-34(59-11)26(4)45(63-30(8)52)28(6)42(55)27(5)41(54)24(2)14-13-15-25(3)48(58)50-40(44(38)57)47-39(37)49-32-22-31(16-17-35(32)64-47)61-21-19-51(9)10/h13-18,20,22,24,26-28,34,41-42,45,54-56H,12,19,21,23H2,1-11H3,(H,50,58)/b14-13+,20-18+,25-15-/t24-,26+,27+,28+,34-,41-,42+,45+/m0/s1. The van der Waals surface area contributed by atoms with Gasteiger partial charge in [-0.2, -0.15) is 0 Å². The molecule has 6 rings (SSSR count). The van der Waals surface area contributed by atoms with Gasteiger partial charge in [0.05, 0.1) is 35.5 Å². The topological polar surface area (TPSA) is 216 Å². The number of aliphatic hydroxyl groups is 2. The Morgan fingerprint density at radius 3 is 2.38 bits per heavy atom. The Kier molecular flexibility index (Phi) is 16.3. The number of aliphatic hydroxyl groups excluding tert-OH is 2. The Hall–Kier alpha value is -5.81. The molecule has 0 saturated carbocycles. The molecule has 1 aliphatic carbocycles. The summed E-state index contributed by atoms with van der Waals surface area (Å²) in [5.74, 6) is -4.35. The van der Waals surface area contributed by atoms with Crippen LogP contribution in [0.15, 0.2) is 63.6 Å². The molecule has 64 heavy (non-hydrogen) atoms. The molecule has 3 heterocycles. The first-order valence-corrected chi connectivity index (χ1v) is 21.4. The van der Waals surface area contributed by atoms with Crippen molar-refractivity contribution in [3.05, 3.63) is 75.7 Å². The number of aromatic hydroxyl groups is 1. The van der Waals surface area contributed by atoms with E-state index < -0.39 is 83.7 Å². The van der Waals surface area contributed by atoms with Crippen molar-refractivity contribution >= 4 is 45.2 Å². The zero-order chi connectivity index (χ0) is 47.2. The van der Waals surface area contributed by atoms with Crippen LogP contribution in [0, 0.1) is 30.6 Å². The molecule has 0 spiro atoms. The number of esters is 1. The fourth-order valence-electron chi connectivity index (χ4n) is 7.97. The minimum absolute atomic E-state index is 0.0136. The van der Waals surface area contributed by atoms with E-state index in [9.17, 15) is 34.5 Å². The summed E-state index contributed by atoms with van der Waals surface area (Å²) in [7, 11) is 5.31. The molecule has 0 radical (unpaired) electrons. The third kappa shape index (κ3) is 10.6. The van der Waals surface area contributed by atoms with Gasteiger partial charge >= 0.3 is 5.97 Å². The number of Topliss-reactive ketones (excluding diaryl/α,β-unsaturated/α-hetero) is 1. The number of methoxy groups -OCH3 is 1. The van der Waals surface area contributed by atoms with E-state index in [2.05, 4.69) is 5.32 Å². The second kappa shape index (κ2) is 21.2. The average Bonchev–Trinajstić information content (AvgIpc) is 3.26. The highest BCUT2D eigenvalue weighted by molar-refractivity contribution is 6.19. The zero-order valence-corrected chi connectivity index (χ0v) is 38.4. The summed E-state index contributed by atoms with van der Waals surface area (Å²) >= 11 is 0. The van der Waals surface area contributed by atoms with Crippen LogP contribution in [-0.2, 0) is 23.8 Å². The lowest BCUT2D eigenvalue weighted by Gasteiger charge is -2.38. The summed E-state index contributed by atoms with van der Waals surface area (Å²) in [5, 5.41) is 37.1. The first-order chi connectivity index (χ1) is 30.3. The number of ether oxygens (including phenoxy) is 5. The van der Waals surface area contributed by atoms with E-state index in [0.29, 0.717) is 24.4 Å². The van der Waals surface area contributed by atoms with Crippen molar-refractivity contribution in [3.8, 4) is 28.7 Å². The van der Waals surface area contributed by atoms with E-state index in [1.54, 1.807) is 71.0 Å². The fourth-order valence-corrected chi connectivity index (χ4v) is 7.97. The molecule has 16 nitrogen and oxygen atoms in total. The molecule has 8 atom stereocenters. The van der Waals surface area contributed by atoms with Crippen molar-refractivity contribution in [2.75, 3.05) is 46.5 Å². The van der Waals surface area contributed by atoms with Crippen LogP contribution < -0.4 is 20.2 Å². The Morgan fingerprint density at radius 1 is 1.00 bits per heavy atom. The van der Waals surface area contributed by atoms with E-state index in [0.717, 1.165) is 0 Å². The second-order valence-corrected chi connectivity index (χ2v) is 16.7. The molecule has 1 amide bonds. The third-order valence-electron chi connectivity index (χ3n) is 11.9. The van der Waals surface area contributed by atoms with Crippen molar-refractivity contribution in [2.24, 2.45) is 23.7 Å². The monoisotopic (exact) mass is 887 g/mol. The van der Waals surface area contributed by atoms with Gasteiger partial charge in [-0.1, -0.05) is 52.8 Å². The molecular formula is C48H61N3O13. The van der Waals surface area contributed by atoms with E-state index in [1.807, 2.05) is 19.0 Å². The minimum atomic E-state index is -1.12. The fraction of sp³-hybridized carbons (Fsp3) is 0.479. The highest BCUT2D eigenvalue weighted by atomic mass is 16.7. The molecule has 0 fully saturated rings. The number of nitrogens with zero attached hydrogens (tertiary/aromatic N) is 2. The molecular weight excluding hydrogens is 827 g/mol. The quantitative estimate of drug-likeness (QED) is 0.0641. The lowest BCUT2D eigenvalue weighted by Crippen LogP contribution is -2.46. The number of hydrogen-bond donors (Lipinski definition) is 4. The second-order valence-electron chi connectivity index (χ2n) is 16.7. The molecule has 2 aromatic rings. The number of carbonyl (C=O) groups is 3. The van der Waals surface area contributed by atoms with Crippen LogP contribution in [-0.4, -0.2) is 108 Å². The van der Waals surface area contributed by atoms with Crippen LogP contribution in [0.5, 0.6) is 17.2 Å². The number of fused-ring (bicyclic) bond motifs is 17. The minimum Gasteiger partial charge on any atom is -0.507 e. The highest BCUT2D eigenvalue weighted by Gasteiger charge is 2.39. The van der Waals surface area contributed by atoms with E-state index >= 15 is 0 Å². The maximum Gasteiger partial charge on any atom is 0.302 e. The van der Waals surface area contributed by atoms with Crippen molar-refractivity contribution in [2.45, 2.75) is 86.2 Å². The number of anilines is 1. The summed E-state index contributed by atoms with van der Waals surface area (Å²) in [6.07, 6.45) is 3.89. The smallest absolute Gasteiger partial charge is 0.302 e. The van der Waals surface area contributed by atoms with Crippen molar-refractivity contribution < 1.29 is 57.8 Å². The van der Waals surface area contributed by atoms with Gasteiger partial charge in [0.15, 0.2) is 17.1 Å². The maximum atomic E-state index is 14.7. The van der Waals surface area contributed by atoms with Crippen LogP contribution >= 0.6 is 0 Å². The van der Waals surface area contributed by atoms with Gasteiger partial charge in [0.1, 0.15) is 46.9 Å². The SMILES string of the molecule is CCC(=O)c1c2c(C)c(O)c3c(=O)c(c4oc5ccc(OCCN(C)C)cc5nc-4c13)NC(=O)/C(C)=C\C=C\[C@H](C)[C@H](O)[C@@H](C)[C@@H](O)[C@@H](C)[C@H](OC(C)=O)[C@H](C)[C@@H](OC)/C=C/OCO2. The molecule has 0 saturated heterocycles. The van der Waals surface area contributed by atoms with E-state index in [4.69, 9.17) is 33.1 Å². The van der Waals surface area contributed by atoms with Gasteiger partial charge in [0.2, 0.25) is 12.2 Å². The average molecular weight is 888 g/mol. The van der Waals surface area contributed by atoms with Crippen molar-refractivity contribution in [1.82, 2.24) is 9.88 Å². The molecule has 4 N–H and O–H groups in total. The van der Waals surface area contributed by atoms with Crippen LogP contribution in [0.4, 0.5) is 5.69 Å². The van der Waals surface area contributed by atoms with E-state index in [1.165, 1.54) is 40.2 Å². The van der Waals surface area contributed by atoms with Gasteiger partial charge < -0.3 is 53.6 Å². The number of hydrogen-bond acceptors (Lipinski definition) is 15. The molecule has 3 aliphatic heterocycles. The van der Waals surface area contributed by atoms with Crippen molar-refractivity contribution in [1.29, 1.82) is 0 Å². The number of ketones is 1. The molecule has 346 valence electrons. The summed E-state index contributed by atoms with van der Waals surface area (Å²) in [4.78, 5) is 61.8. The van der Waals surface area contributed by atoms with Crippen LogP contribution in [0.2, 0.25) is 0 Å². The van der Waals surface area contributed by atoms with Crippen LogP contribution in [0.1, 0.15) is 70.8 Å². The summed E-state index contributed by atoms with van der Waals surface area (Å²) in [6, 6.07) is 4.96. The number of nitrogens with one attached hydrogen (secondary N) is 1. The normalized spacial score (nSPS) is 25.8. The highest BCUT2D eigenvalue weighted by Crippen LogP contribution is 2.46. The Balaban J connectivity index is 1.75. The number of carbonyl (C=O) groups excluding carboxylic acids is 3. The predicted octanol–water partition coefficient (Wildman–Crippen LogP) is 6.53. The predicted molar refractivity (Wildman–Crippen MR) is 242 cm³/mol. The number of aromatic nitrogens is 1. The van der Waals surface area contributed by atoms with E-state index in [-0.39, 0.29) is 62.4 Å². The molecule has 2 aromatic carbocycles. The zero-order valence-electron chi connectivity index (χ0n) is 38.4. The van der Waals surface area contributed by atoms with Gasteiger partial charge in [-0.3, -0.25) is 19.2 Å². The molecule has 4 aliphatic rings. The first-order valence-electron chi connectivity index (χ1n) is 21.4. The number of phenolic OH excluding ortho intramolecular Hbond substituents is 1. The molecule has 16 heteroatoms. The maximum absolute atomic E-state index is 14.7. The number of likely N-dealkylation sites (N-methyl/N-ethyl adjacent to an activating group) is 1. The number of phenols is 1. The largest absolute Gasteiger partial charge is 0.507 e. The lowest BCUT2D eigenvalue weighted by molar-refractivity contribution is -0.160. The Bertz CT molecular complexity index is 2470. The Labute approximate surface area is 372 Å². The molecule has 0 aromatic heterocycles. The van der Waals surface area contributed by atoms with Gasteiger partial charge in [0.25, 0.3) is 5.91 Å². The van der Waals surface area contributed by atoms with Gasteiger partial charge in [0, 0.05) is 73.3 Å². The lowest BCUT2D eigenvalue weighted by atomic mass is 9.78.